The third-order valence-electron chi connectivity index (χ3n) is 4.17. The van der Waals surface area contributed by atoms with Gasteiger partial charge in [-0.15, -0.1) is 10.2 Å². The molecule has 2 aromatic rings. The molecule has 6 heteroatoms. The summed E-state index contributed by atoms with van der Waals surface area (Å²) in [4.78, 5) is 0. The average molecular weight is 273 g/mol. The van der Waals surface area contributed by atoms with Crippen molar-refractivity contribution < 1.29 is 4.74 Å². The minimum absolute atomic E-state index is 0.630. The Kier molecular flexibility index (Phi) is 3.03. The summed E-state index contributed by atoms with van der Waals surface area (Å²) in [7, 11) is 0. The van der Waals surface area contributed by atoms with E-state index in [-0.39, 0.29) is 0 Å². The van der Waals surface area contributed by atoms with Gasteiger partial charge < -0.3 is 10.1 Å². The molecule has 0 spiro atoms. The zero-order chi connectivity index (χ0) is 13.4. The van der Waals surface area contributed by atoms with Crippen LogP contribution in [-0.2, 0) is 4.74 Å². The topological polar surface area (TPSA) is 64.3 Å². The van der Waals surface area contributed by atoms with Crippen molar-refractivity contribution in [3.05, 3.63) is 18.1 Å². The Morgan fingerprint density at radius 3 is 3.10 bits per heavy atom. The molecule has 0 aromatic carbocycles. The first-order valence-electron chi connectivity index (χ1n) is 7.43. The van der Waals surface area contributed by atoms with Crippen LogP contribution < -0.4 is 5.32 Å². The van der Waals surface area contributed by atoms with Gasteiger partial charge in [0.2, 0.25) is 5.65 Å². The van der Waals surface area contributed by atoms with Crippen LogP contribution in [0.4, 0.5) is 5.69 Å². The van der Waals surface area contributed by atoms with Crippen molar-refractivity contribution >= 4 is 11.3 Å². The predicted molar refractivity (Wildman–Crippen MR) is 74.8 cm³/mol. The lowest BCUT2D eigenvalue weighted by Gasteiger charge is -2.11. The van der Waals surface area contributed by atoms with Crippen molar-refractivity contribution in [2.45, 2.75) is 31.6 Å². The minimum atomic E-state index is 0.630. The van der Waals surface area contributed by atoms with Crippen LogP contribution in [0.25, 0.3) is 5.65 Å². The summed E-state index contributed by atoms with van der Waals surface area (Å²) in [6.07, 6.45) is 6.50. The van der Waals surface area contributed by atoms with Gasteiger partial charge in [-0.25, -0.2) is 0 Å². The van der Waals surface area contributed by atoms with E-state index < -0.39 is 0 Å². The summed E-state index contributed by atoms with van der Waals surface area (Å²) in [5, 5.41) is 16.2. The molecule has 1 aliphatic heterocycles. The first-order valence-corrected chi connectivity index (χ1v) is 7.43. The van der Waals surface area contributed by atoms with Crippen molar-refractivity contribution in [2.24, 2.45) is 5.92 Å². The molecule has 4 rings (SSSR count). The number of nitrogens with zero attached hydrogens (tertiary/aromatic N) is 4. The summed E-state index contributed by atoms with van der Waals surface area (Å²) in [5.74, 6) is 1.33. The van der Waals surface area contributed by atoms with E-state index >= 15 is 0 Å². The van der Waals surface area contributed by atoms with Gasteiger partial charge in [0.05, 0.1) is 11.4 Å². The predicted octanol–water partition coefficient (Wildman–Crippen LogP) is 1.84. The van der Waals surface area contributed by atoms with Crippen LogP contribution in [0, 0.1) is 5.92 Å². The number of rotatable bonds is 5. The molecule has 0 bridgehead atoms. The Bertz CT molecular complexity index is 601. The molecule has 2 aliphatic rings. The number of anilines is 1. The number of hydrogen-bond acceptors (Lipinski definition) is 5. The molecule has 0 radical (unpaired) electrons. The molecule has 1 saturated carbocycles. The molecule has 1 atom stereocenters. The fourth-order valence-electron chi connectivity index (χ4n) is 2.78. The fraction of sp³-hybridized carbons (Fsp3) is 0.643. The summed E-state index contributed by atoms with van der Waals surface area (Å²) in [6.45, 7) is 2.77. The van der Waals surface area contributed by atoms with Crippen molar-refractivity contribution in [1.82, 2.24) is 19.8 Å². The maximum Gasteiger partial charge on any atom is 0.200 e. The van der Waals surface area contributed by atoms with Gasteiger partial charge in [0.25, 0.3) is 0 Å². The van der Waals surface area contributed by atoms with Crippen molar-refractivity contribution in [1.29, 1.82) is 0 Å². The van der Waals surface area contributed by atoms with Crippen LogP contribution in [0.15, 0.2) is 12.4 Å². The van der Waals surface area contributed by atoms with Gasteiger partial charge >= 0.3 is 0 Å². The smallest absolute Gasteiger partial charge is 0.200 e. The number of fused-ring (bicyclic) bond motifs is 1. The molecule has 6 nitrogen and oxygen atoms in total. The lowest BCUT2D eigenvalue weighted by Crippen LogP contribution is -2.11. The maximum atomic E-state index is 5.41. The van der Waals surface area contributed by atoms with Gasteiger partial charge in [0.15, 0.2) is 0 Å². The molecular formula is C14H19N5O. The monoisotopic (exact) mass is 273 g/mol. The van der Waals surface area contributed by atoms with Gasteiger partial charge in [-0.3, -0.25) is 0 Å². The van der Waals surface area contributed by atoms with Crippen molar-refractivity contribution in [2.75, 3.05) is 25.1 Å². The highest BCUT2D eigenvalue weighted by Gasteiger charge is 2.26. The lowest BCUT2D eigenvalue weighted by molar-refractivity contribution is 0.185. The number of nitrogens with one attached hydrogen (secondary N) is 1. The number of aromatic nitrogens is 4. The number of ether oxygens (including phenoxy) is 1. The molecular weight excluding hydrogens is 254 g/mol. The second kappa shape index (κ2) is 5.01. The highest BCUT2D eigenvalue weighted by Crippen LogP contribution is 2.39. The molecule has 20 heavy (non-hydrogen) atoms. The Balaban J connectivity index is 1.50. The Hall–Kier alpha value is -1.69. The van der Waals surface area contributed by atoms with E-state index in [0.717, 1.165) is 43.2 Å². The van der Waals surface area contributed by atoms with Crippen LogP contribution in [0.3, 0.4) is 0 Å². The first-order chi connectivity index (χ1) is 9.90. The normalized spacial score (nSPS) is 22.5. The highest BCUT2D eigenvalue weighted by atomic mass is 16.5. The second-order valence-corrected chi connectivity index (χ2v) is 5.80. The van der Waals surface area contributed by atoms with E-state index in [0.29, 0.717) is 11.8 Å². The molecule has 1 unspecified atom stereocenters. The van der Waals surface area contributed by atoms with E-state index in [4.69, 9.17) is 4.74 Å². The fourth-order valence-corrected chi connectivity index (χ4v) is 2.78. The van der Waals surface area contributed by atoms with Gasteiger partial charge in [-0.2, -0.15) is 9.61 Å². The molecule has 106 valence electrons. The Morgan fingerprint density at radius 2 is 2.30 bits per heavy atom. The number of hydrogen-bond donors (Lipinski definition) is 1. The Morgan fingerprint density at radius 1 is 1.35 bits per heavy atom. The SMILES string of the molecule is c1c(C2CC2)nn2cnnc2c1NCCC1CCOC1. The van der Waals surface area contributed by atoms with Crippen molar-refractivity contribution in [3.63, 3.8) is 0 Å². The third-order valence-corrected chi connectivity index (χ3v) is 4.17. The van der Waals surface area contributed by atoms with Crippen LogP contribution in [0.5, 0.6) is 0 Å². The van der Waals surface area contributed by atoms with E-state index in [1.165, 1.54) is 19.3 Å². The molecule has 0 amide bonds. The highest BCUT2D eigenvalue weighted by molar-refractivity contribution is 5.66. The summed E-state index contributed by atoms with van der Waals surface area (Å²) in [5.41, 5.74) is 3.03. The average Bonchev–Trinajstić information content (AvgIpc) is 2.99. The van der Waals surface area contributed by atoms with Crippen LogP contribution >= 0.6 is 0 Å². The molecule has 1 aliphatic carbocycles. The van der Waals surface area contributed by atoms with Crippen LogP contribution in [0.2, 0.25) is 0 Å². The van der Waals surface area contributed by atoms with Gasteiger partial charge in [0, 0.05) is 25.7 Å². The summed E-state index contributed by atoms with van der Waals surface area (Å²) in [6, 6.07) is 2.15. The van der Waals surface area contributed by atoms with Crippen LogP contribution in [0.1, 0.15) is 37.3 Å². The third kappa shape index (κ3) is 2.35. The lowest BCUT2D eigenvalue weighted by atomic mass is 10.1. The Labute approximate surface area is 117 Å². The van der Waals surface area contributed by atoms with E-state index in [9.17, 15) is 0 Å². The largest absolute Gasteiger partial charge is 0.382 e. The molecule has 2 fully saturated rings. The summed E-state index contributed by atoms with van der Waals surface area (Å²) < 4.78 is 7.20. The van der Waals surface area contributed by atoms with Gasteiger partial charge in [0.1, 0.15) is 6.33 Å². The van der Waals surface area contributed by atoms with Gasteiger partial charge in [-0.1, -0.05) is 0 Å². The van der Waals surface area contributed by atoms with Crippen molar-refractivity contribution in [3.8, 4) is 0 Å². The van der Waals surface area contributed by atoms with Crippen LogP contribution in [-0.4, -0.2) is 39.6 Å². The molecule has 1 saturated heterocycles. The zero-order valence-corrected chi connectivity index (χ0v) is 11.5. The van der Waals surface area contributed by atoms with E-state index in [1.807, 2.05) is 0 Å². The molecule has 3 heterocycles. The summed E-state index contributed by atoms with van der Waals surface area (Å²) >= 11 is 0. The van der Waals surface area contributed by atoms with E-state index in [1.54, 1.807) is 10.8 Å². The minimum Gasteiger partial charge on any atom is -0.382 e. The second-order valence-electron chi connectivity index (χ2n) is 5.80. The standard InChI is InChI=1S/C14H19N5O/c1-2-11(1)12-7-13(14-17-16-9-19(14)18-12)15-5-3-10-4-6-20-8-10/h7,9-11,15H,1-6,8H2. The zero-order valence-electron chi connectivity index (χ0n) is 11.5. The maximum absolute atomic E-state index is 5.41. The molecule has 2 aromatic heterocycles. The molecule has 1 N–H and O–H groups in total. The quantitative estimate of drug-likeness (QED) is 0.900. The van der Waals surface area contributed by atoms with Gasteiger partial charge in [-0.05, 0) is 37.7 Å². The first kappa shape index (κ1) is 12.1. The van der Waals surface area contributed by atoms with E-state index in [2.05, 4.69) is 26.7 Å².